The Morgan fingerprint density at radius 2 is 2.09 bits per heavy atom. The maximum atomic E-state index is 4.64. The third-order valence-corrected chi connectivity index (χ3v) is 6.56. The van der Waals surface area contributed by atoms with Gasteiger partial charge in [-0.1, -0.05) is 23.6 Å². The second-order valence-electron chi connectivity index (χ2n) is 6.08. The van der Waals surface area contributed by atoms with E-state index in [9.17, 15) is 0 Å². The zero-order chi connectivity index (χ0) is 14.6. The number of thioether (sulfide) groups is 1. The first-order chi connectivity index (χ1) is 10.9. The van der Waals surface area contributed by atoms with Gasteiger partial charge in [-0.15, -0.1) is 0 Å². The van der Waals surface area contributed by atoms with Gasteiger partial charge in [0.1, 0.15) is 11.4 Å². The number of nitrogens with zero attached hydrogens (tertiary/aromatic N) is 5. The summed E-state index contributed by atoms with van der Waals surface area (Å²) in [7, 11) is 0. The molecular formula is C15H13N5S2. The van der Waals surface area contributed by atoms with Crippen LogP contribution in [0.5, 0.6) is 0 Å². The molecule has 6 rings (SSSR count). The SMILES string of the molecule is C(#Cc1cncnc1)CSc1nsnc1C12CN3CC1C2C3. The van der Waals surface area contributed by atoms with Crippen molar-refractivity contribution in [2.24, 2.45) is 11.8 Å². The Balaban J connectivity index is 1.30. The second kappa shape index (κ2) is 4.75. The fourth-order valence-corrected chi connectivity index (χ4v) is 5.70. The highest BCUT2D eigenvalue weighted by molar-refractivity contribution is 7.99. The zero-order valence-electron chi connectivity index (χ0n) is 11.8. The monoisotopic (exact) mass is 327 g/mol. The van der Waals surface area contributed by atoms with E-state index in [1.54, 1.807) is 24.2 Å². The summed E-state index contributed by atoms with van der Waals surface area (Å²) in [6.07, 6.45) is 4.98. The van der Waals surface area contributed by atoms with E-state index < -0.39 is 0 Å². The molecule has 5 nitrogen and oxygen atoms in total. The minimum absolute atomic E-state index is 0.343. The van der Waals surface area contributed by atoms with Crippen molar-refractivity contribution in [3.63, 3.8) is 0 Å². The molecule has 1 aliphatic carbocycles. The molecule has 2 aromatic rings. The van der Waals surface area contributed by atoms with Crippen LogP contribution in [0.25, 0.3) is 0 Å². The van der Waals surface area contributed by atoms with E-state index in [4.69, 9.17) is 0 Å². The normalized spacial score (nSPS) is 33.5. The predicted molar refractivity (Wildman–Crippen MR) is 84.6 cm³/mol. The maximum absolute atomic E-state index is 4.64. The number of rotatable bonds is 3. The van der Waals surface area contributed by atoms with Crippen LogP contribution in [-0.4, -0.2) is 49.0 Å². The predicted octanol–water partition coefficient (Wildman–Crippen LogP) is 1.28. The quantitative estimate of drug-likeness (QED) is 0.625. The van der Waals surface area contributed by atoms with Gasteiger partial charge in [0.05, 0.1) is 28.7 Å². The smallest absolute Gasteiger partial charge is 0.135 e. The van der Waals surface area contributed by atoms with E-state index in [2.05, 4.69) is 35.5 Å². The van der Waals surface area contributed by atoms with Crippen LogP contribution in [0.15, 0.2) is 23.7 Å². The van der Waals surface area contributed by atoms with Crippen LogP contribution < -0.4 is 0 Å². The first kappa shape index (κ1) is 13.0. The van der Waals surface area contributed by atoms with Crippen molar-refractivity contribution in [3.8, 4) is 11.8 Å². The van der Waals surface area contributed by atoms with Crippen molar-refractivity contribution in [2.75, 3.05) is 25.4 Å². The van der Waals surface area contributed by atoms with E-state index in [0.717, 1.165) is 28.2 Å². The molecule has 5 heterocycles. The van der Waals surface area contributed by atoms with Gasteiger partial charge in [-0.05, 0) is 11.8 Å². The standard InChI is InChI=1S/C15H13N5S2/c1(2-10-4-16-9-17-5-10)3-21-14-13(18-22-19-14)15-8-20-6-11(15)12(15)7-20/h4-5,9,11-12H,3,6-8H2. The molecule has 4 bridgehead atoms. The van der Waals surface area contributed by atoms with Crippen LogP contribution in [0.1, 0.15) is 11.3 Å². The van der Waals surface area contributed by atoms with E-state index >= 15 is 0 Å². The van der Waals surface area contributed by atoms with Gasteiger partial charge in [-0.3, -0.25) is 0 Å². The Kier molecular flexibility index (Phi) is 2.81. The summed E-state index contributed by atoms with van der Waals surface area (Å²) in [6, 6.07) is 0. The van der Waals surface area contributed by atoms with E-state index in [0.29, 0.717) is 5.41 Å². The largest absolute Gasteiger partial charge is 0.302 e. The van der Waals surface area contributed by atoms with Crippen molar-refractivity contribution in [3.05, 3.63) is 30.0 Å². The van der Waals surface area contributed by atoms with E-state index in [-0.39, 0.29) is 0 Å². The van der Waals surface area contributed by atoms with Gasteiger partial charge in [0.15, 0.2) is 0 Å². The molecule has 0 radical (unpaired) electrons. The Bertz CT molecular complexity index is 766. The van der Waals surface area contributed by atoms with Crippen LogP contribution in [-0.2, 0) is 5.41 Å². The lowest BCUT2D eigenvalue weighted by Crippen LogP contribution is -2.16. The van der Waals surface area contributed by atoms with Gasteiger partial charge in [-0.2, -0.15) is 8.75 Å². The first-order valence-corrected chi connectivity index (χ1v) is 9.01. The van der Waals surface area contributed by atoms with Crippen molar-refractivity contribution >= 4 is 23.5 Å². The van der Waals surface area contributed by atoms with Gasteiger partial charge in [-0.25, -0.2) is 9.97 Å². The number of hydrogen-bond acceptors (Lipinski definition) is 7. The highest BCUT2D eigenvalue weighted by Gasteiger charge is 2.76. The van der Waals surface area contributed by atoms with Crippen LogP contribution in [0.2, 0.25) is 0 Å². The van der Waals surface area contributed by atoms with Crippen LogP contribution in [0, 0.1) is 23.7 Å². The van der Waals surface area contributed by atoms with Crippen LogP contribution in [0.4, 0.5) is 0 Å². The summed E-state index contributed by atoms with van der Waals surface area (Å²) in [5.74, 6) is 8.65. The highest BCUT2D eigenvalue weighted by Crippen LogP contribution is 2.69. The molecule has 4 fully saturated rings. The molecule has 0 N–H and O–H groups in total. The van der Waals surface area contributed by atoms with Crippen molar-refractivity contribution < 1.29 is 0 Å². The Labute approximate surface area is 136 Å². The van der Waals surface area contributed by atoms with Crippen molar-refractivity contribution in [1.29, 1.82) is 0 Å². The Hall–Kier alpha value is -1.49. The summed E-state index contributed by atoms with van der Waals surface area (Å²) in [5, 5.41) is 1.10. The van der Waals surface area contributed by atoms with Crippen LogP contribution >= 0.6 is 23.5 Å². The van der Waals surface area contributed by atoms with Crippen molar-refractivity contribution in [2.45, 2.75) is 10.4 Å². The molecular weight excluding hydrogens is 314 g/mol. The lowest BCUT2D eigenvalue weighted by atomic mass is 10.0. The minimum Gasteiger partial charge on any atom is -0.302 e. The van der Waals surface area contributed by atoms with Crippen LogP contribution in [0.3, 0.4) is 0 Å². The average Bonchev–Trinajstić information content (AvgIpc) is 3.15. The van der Waals surface area contributed by atoms with Gasteiger partial charge < -0.3 is 4.90 Å². The molecule has 1 saturated carbocycles. The fourth-order valence-electron chi connectivity index (χ4n) is 4.14. The van der Waals surface area contributed by atoms with Gasteiger partial charge in [0.2, 0.25) is 0 Å². The molecule has 110 valence electrons. The number of aromatic nitrogens is 4. The molecule has 3 saturated heterocycles. The summed E-state index contributed by atoms with van der Waals surface area (Å²) in [5.41, 5.74) is 2.45. The van der Waals surface area contributed by atoms with E-state index in [1.165, 1.54) is 43.4 Å². The average molecular weight is 327 g/mol. The third-order valence-electron chi connectivity index (χ3n) is 5.07. The molecule has 2 unspecified atom stereocenters. The second-order valence-corrected chi connectivity index (χ2v) is 7.58. The Morgan fingerprint density at radius 3 is 2.82 bits per heavy atom. The maximum Gasteiger partial charge on any atom is 0.135 e. The molecule has 4 aliphatic rings. The molecule has 7 heteroatoms. The topological polar surface area (TPSA) is 54.8 Å². The molecule has 0 amide bonds. The summed E-state index contributed by atoms with van der Waals surface area (Å²) in [6.45, 7) is 3.72. The molecule has 3 aliphatic heterocycles. The third kappa shape index (κ3) is 1.78. The number of hydrogen-bond donors (Lipinski definition) is 0. The molecule has 0 aromatic carbocycles. The summed E-state index contributed by atoms with van der Waals surface area (Å²) >= 11 is 3.06. The minimum atomic E-state index is 0.343. The van der Waals surface area contributed by atoms with Crippen molar-refractivity contribution in [1.82, 2.24) is 23.6 Å². The fraction of sp³-hybridized carbons (Fsp3) is 0.467. The molecule has 2 aromatic heterocycles. The lowest BCUT2D eigenvalue weighted by molar-refractivity contribution is 0.405. The zero-order valence-corrected chi connectivity index (χ0v) is 13.4. The molecule has 2 atom stereocenters. The first-order valence-electron chi connectivity index (χ1n) is 7.30. The summed E-state index contributed by atoms with van der Waals surface area (Å²) in [4.78, 5) is 10.5. The summed E-state index contributed by atoms with van der Waals surface area (Å²) < 4.78 is 9.15. The van der Waals surface area contributed by atoms with Gasteiger partial charge in [0, 0.05) is 37.4 Å². The molecule has 0 spiro atoms. The van der Waals surface area contributed by atoms with Gasteiger partial charge >= 0.3 is 0 Å². The highest BCUT2D eigenvalue weighted by atomic mass is 32.2. The lowest BCUT2D eigenvalue weighted by Gasteiger charge is -2.08. The molecule has 22 heavy (non-hydrogen) atoms. The number of piperidine rings is 3. The van der Waals surface area contributed by atoms with Gasteiger partial charge in [0.25, 0.3) is 0 Å². The Morgan fingerprint density at radius 1 is 1.27 bits per heavy atom. The van der Waals surface area contributed by atoms with E-state index in [1.807, 2.05) is 0 Å².